The maximum atomic E-state index is 12.5. The van der Waals surface area contributed by atoms with Gasteiger partial charge in [0.2, 0.25) is 11.9 Å². The van der Waals surface area contributed by atoms with Crippen LogP contribution in [0.5, 0.6) is 0 Å². The second kappa shape index (κ2) is 7.96. The van der Waals surface area contributed by atoms with Crippen LogP contribution in [0.4, 0.5) is 11.8 Å². The van der Waals surface area contributed by atoms with Gasteiger partial charge in [-0.25, -0.2) is 4.98 Å². The van der Waals surface area contributed by atoms with Gasteiger partial charge in [0, 0.05) is 63.4 Å². The fourth-order valence-electron chi connectivity index (χ4n) is 3.52. The van der Waals surface area contributed by atoms with Gasteiger partial charge in [0.15, 0.2) is 0 Å². The lowest BCUT2D eigenvalue weighted by Gasteiger charge is -2.36. The molecule has 1 amide bonds. The van der Waals surface area contributed by atoms with Crippen LogP contribution >= 0.6 is 0 Å². The fraction of sp³-hybridized carbons (Fsp3) is 0.526. The lowest BCUT2D eigenvalue weighted by atomic mass is 10.3. The van der Waals surface area contributed by atoms with Crippen LogP contribution in [0.25, 0.3) is 0 Å². The quantitative estimate of drug-likeness (QED) is 0.792. The van der Waals surface area contributed by atoms with Gasteiger partial charge in [-0.15, -0.1) is 0 Å². The molecule has 0 saturated carbocycles. The maximum Gasteiger partial charge on any atom is 0.242 e. The van der Waals surface area contributed by atoms with Crippen molar-refractivity contribution in [3.8, 4) is 0 Å². The zero-order chi connectivity index (χ0) is 18.6. The summed E-state index contributed by atoms with van der Waals surface area (Å²) in [5.41, 5.74) is 0.965. The molecule has 0 atom stereocenters. The second-order valence-corrected chi connectivity index (χ2v) is 6.99. The van der Waals surface area contributed by atoms with Crippen LogP contribution < -0.4 is 9.80 Å². The van der Waals surface area contributed by atoms with Crippen LogP contribution in [-0.2, 0) is 16.1 Å². The Bertz CT molecular complexity index is 765. The zero-order valence-corrected chi connectivity index (χ0v) is 15.8. The Morgan fingerprint density at radius 2 is 1.70 bits per heavy atom. The van der Waals surface area contributed by atoms with Crippen molar-refractivity contribution in [1.82, 2.24) is 19.4 Å². The van der Waals surface area contributed by atoms with E-state index in [1.165, 1.54) is 0 Å². The molecule has 2 saturated heterocycles. The Morgan fingerprint density at radius 3 is 2.41 bits per heavy atom. The smallest absolute Gasteiger partial charge is 0.242 e. The van der Waals surface area contributed by atoms with E-state index >= 15 is 0 Å². The normalized spacial score (nSPS) is 18.0. The van der Waals surface area contributed by atoms with Crippen molar-refractivity contribution >= 4 is 17.7 Å². The average molecular weight is 370 g/mol. The summed E-state index contributed by atoms with van der Waals surface area (Å²) in [7, 11) is 0. The topological polar surface area (TPSA) is 66.7 Å². The highest BCUT2D eigenvalue weighted by Gasteiger charge is 2.23. The summed E-state index contributed by atoms with van der Waals surface area (Å²) in [5, 5.41) is 0. The van der Waals surface area contributed by atoms with Gasteiger partial charge in [-0.3, -0.25) is 4.79 Å². The van der Waals surface area contributed by atoms with E-state index in [9.17, 15) is 4.79 Å². The molecule has 0 N–H and O–H groups in total. The second-order valence-electron chi connectivity index (χ2n) is 6.99. The van der Waals surface area contributed by atoms with Gasteiger partial charge in [-0.1, -0.05) is 0 Å². The van der Waals surface area contributed by atoms with Crippen LogP contribution in [0.2, 0.25) is 0 Å². The molecule has 0 spiro atoms. The van der Waals surface area contributed by atoms with Gasteiger partial charge < -0.3 is 24.0 Å². The molecule has 2 aliphatic heterocycles. The first-order valence-corrected chi connectivity index (χ1v) is 9.51. The van der Waals surface area contributed by atoms with Crippen LogP contribution in [0.15, 0.2) is 30.6 Å². The molecule has 4 rings (SSSR count). The molecule has 27 heavy (non-hydrogen) atoms. The number of hydrogen-bond donors (Lipinski definition) is 0. The minimum Gasteiger partial charge on any atom is -0.378 e. The average Bonchev–Trinajstić information content (AvgIpc) is 3.21. The highest BCUT2D eigenvalue weighted by Crippen LogP contribution is 2.20. The Hall–Kier alpha value is -2.61. The third-order valence-electron chi connectivity index (χ3n) is 5.06. The molecule has 2 aliphatic rings. The van der Waals surface area contributed by atoms with E-state index in [-0.39, 0.29) is 5.91 Å². The Balaban J connectivity index is 1.39. The highest BCUT2D eigenvalue weighted by molar-refractivity contribution is 5.76. The molecular formula is C19H26N6O2. The predicted octanol–water partition coefficient (Wildman–Crippen LogP) is 0.772. The molecule has 0 unspecified atom stereocenters. The summed E-state index contributed by atoms with van der Waals surface area (Å²) >= 11 is 0. The molecule has 0 radical (unpaired) electrons. The lowest BCUT2D eigenvalue weighted by molar-refractivity contribution is -0.132. The number of amides is 1. The lowest BCUT2D eigenvalue weighted by Crippen LogP contribution is -2.50. The van der Waals surface area contributed by atoms with E-state index in [0.29, 0.717) is 6.54 Å². The third kappa shape index (κ3) is 4.21. The number of aryl methyl sites for hydroxylation is 1. The number of nitrogens with zero attached hydrogens (tertiary/aromatic N) is 6. The predicted molar refractivity (Wildman–Crippen MR) is 103 cm³/mol. The van der Waals surface area contributed by atoms with Crippen molar-refractivity contribution < 1.29 is 9.53 Å². The van der Waals surface area contributed by atoms with E-state index in [0.717, 1.165) is 69.9 Å². The number of anilines is 2. The number of hydrogen-bond acceptors (Lipinski definition) is 6. The number of morpholine rings is 1. The molecule has 2 aromatic rings. The van der Waals surface area contributed by atoms with Gasteiger partial charge in [-0.2, -0.15) is 4.98 Å². The SMILES string of the molecule is Cc1cc(N2CCN(C(=O)Cn3cccc3)CC2)nc(N2CCOCC2)n1. The number of aromatic nitrogens is 3. The van der Waals surface area contributed by atoms with Crippen molar-refractivity contribution in [3.63, 3.8) is 0 Å². The van der Waals surface area contributed by atoms with Crippen LogP contribution in [-0.4, -0.2) is 77.8 Å². The van der Waals surface area contributed by atoms with E-state index in [1.54, 1.807) is 0 Å². The number of ether oxygens (including phenoxy) is 1. The molecule has 8 nitrogen and oxygen atoms in total. The van der Waals surface area contributed by atoms with E-state index in [1.807, 2.05) is 47.0 Å². The van der Waals surface area contributed by atoms with Gasteiger partial charge >= 0.3 is 0 Å². The molecule has 4 heterocycles. The van der Waals surface area contributed by atoms with E-state index in [4.69, 9.17) is 9.72 Å². The largest absolute Gasteiger partial charge is 0.378 e. The van der Waals surface area contributed by atoms with Crippen LogP contribution in [0.3, 0.4) is 0 Å². The van der Waals surface area contributed by atoms with Crippen LogP contribution in [0, 0.1) is 6.92 Å². The summed E-state index contributed by atoms with van der Waals surface area (Å²) in [5.74, 6) is 1.89. The minimum absolute atomic E-state index is 0.165. The summed E-state index contributed by atoms with van der Waals surface area (Å²) < 4.78 is 7.34. The third-order valence-corrected chi connectivity index (χ3v) is 5.06. The zero-order valence-electron chi connectivity index (χ0n) is 15.8. The van der Waals surface area contributed by atoms with Gasteiger partial charge in [-0.05, 0) is 19.1 Å². The molecule has 0 aliphatic carbocycles. The first-order valence-electron chi connectivity index (χ1n) is 9.51. The minimum atomic E-state index is 0.165. The van der Waals surface area contributed by atoms with Gasteiger partial charge in [0.05, 0.1) is 13.2 Å². The van der Waals surface area contributed by atoms with Crippen LogP contribution in [0.1, 0.15) is 5.69 Å². The van der Waals surface area contributed by atoms with Crippen molar-refractivity contribution in [1.29, 1.82) is 0 Å². The molecule has 0 bridgehead atoms. The van der Waals surface area contributed by atoms with Crippen molar-refractivity contribution in [2.24, 2.45) is 0 Å². The summed E-state index contributed by atoms with van der Waals surface area (Å²) in [6, 6.07) is 5.91. The Kier molecular flexibility index (Phi) is 5.24. The number of piperazine rings is 1. The molecular weight excluding hydrogens is 344 g/mol. The number of carbonyl (C=O) groups is 1. The summed E-state index contributed by atoms with van der Waals surface area (Å²) in [4.78, 5) is 28.2. The summed E-state index contributed by atoms with van der Waals surface area (Å²) in [6.07, 6.45) is 3.84. The summed E-state index contributed by atoms with van der Waals surface area (Å²) in [6.45, 7) is 8.50. The van der Waals surface area contributed by atoms with Crippen molar-refractivity contribution in [2.75, 3.05) is 62.3 Å². The van der Waals surface area contributed by atoms with Gasteiger partial charge in [0.1, 0.15) is 12.4 Å². The Labute approximate surface area is 159 Å². The van der Waals surface area contributed by atoms with E-state index in [2.05, 4.69) is 14.8 Å². The van der Waals surface area contributed by atoms with E-state index < -0.39 is 0 Å². The molecule has 2 aromatic heterocycles. The number of rotatable bonds is 4. The maximum absolute atomic E-state index is 12.5. The number of carbonyl (C=O) groups excluding carboxylic acids is 1. The van der Waals surface area contributed by atoms with Crippen molar-refractivity contribution in [2.45, 2.75) is 13.5 Å². The highest BCUT2D eigenvalue weighted by atomic mass is 16.5. The molecule has 144 valence electrons. The van der Waals surface area contributed by atoms with Gasteiger partial charge in [0.25, 0.3) is 0 Å². The van der Waals surface area contributed by atoms with Crippen molar-refractivity contribution in [3.05, 3.63) is 36.3 Å². The first kappa shape index (κ1) is 17.8. The Morgan fingerprint density at radius 1 is 1.00 bits per heavy atom. The standard InChI is InChI=1S/C19H26N6O2/c1-16-14-17(21-19(20-16)25-10-12-27-13-11-25)23-6-8-24(9-7-23)18(26)15-22-4-2-3-5-22/h2-5,14H,6-13,15H2,1H3. The fourth-order valence-corrected chi connectivity index (χ4v) is 3.52. The molecule has 0 aromatic carbocycles. The monoisotopic (exact) mass is 370 g/mol. The molecule has 2 fully saturated rings. The molecule has 8 heteroatoms. The first-order chi connectivity index (χ1) is 13.2.